The number of benzene rings is 2. The second-order valence-corrected chi connectivity index (χ2v) is 8.64. The zero-order valence-electron chi connectivity index (χ0n) is 18.3. The molecule has 9 nitrogen and oxygen atoms in total. The third kappa shape index (κ3) is 4.62. The molecule has 0 spiro atoms. The summed E-state index contributed by atoms with van der Waals surface area (Å²) < 4.78 is 1.67. The Balaban J connectivity index is 1.52. The fourth-order valence-corrected chi connectivity index (χ4v) is 4.32. The van der Waals surface area contributed by atoms with Gasteiger partial charge < -0.3 is 9.88 Å². The molecular formula is C24H20N4O5S. The molecule has 0 unspecified atom stereocenters. The molecule has 0 atom stereocenters. The summed E-state index contributed by atoms with van der Waals surface area (Å²) in [7, 11) is 0. The van der Waals surface area contributed by atoms with Crippen molar-refractivity contribution in [2.24, 2.45) is 0 Å². The Morgan fingerprint density at radius 2 is 1.88 bits per heavy atom. The molecule has 0 aliphatic carbocycles. The van der Waals surface area contributed by atoms with Crippen molar-refractivity contribution in [3.8, 4) is 5.69 Å². The number of carbonyl (C=O) groups excluding carboxylic acids is 3. The first-order valence-corrected chi connectivity index (χ1v) is 11.1. The second-order valence-electron chi connectivity index (χ2n) is 7.64. The van der Waals surface area contributed by atoms with Gasteiger partial charge in [0.05, 0.1) is 15.5 Å². The molecule has 1 N–H and O–H groups in total. The topological polar surface area (TPSA) is 115 Å². The summed E-state index contributed by atoms with van der Waals surface area (Å²) in [4.78, 5) is 49.6. The van der Waals surface area contributed by atoms with Crippen molar-refractivity contribution in [1.82, 2.24) is 9.47 Å². The highest BCUT2D eigenvalue weighted by molar-refractivity contribution is 8.18. The second kappa shape index (κ2) is 9.36. The molecule has 0 saturated carbocycles. The SMILES string of the molecule is Cc1cccc(NC(=O)CN2C(=O)S/C(=C\c3cccn3-c3cccc([N+](=O)[O-])c3)C2=O)c1C. The van der Waals surface area contributed by atoms with E-state index in [1.807, 2.05) is 26.0 Å². The van der Waals surface area contributed by atoms with Crippen LogP contribution in [-0.4, -0.2) is 38.0 Å². The van der Waals surface area contributed by atoms with E-state index in [0.29, 0.717) is 17.1 Å². The molecule has 2 heterocycles. The first-order chi connectivity index (χ1) is 16.2. The number of non-ortho nitro benzene ring substituents is 1. The van der Waals surface area contributed by atoms with E-state index in [1.54, 1.807) is 41.1 Å². The normalized spacial score (nSPS) is 14.6. The van der Waals surface area contributed by atoms with Gasteiger partial charge in [-0.3, -0.25) is 29.4 Å². The minimum Gasteiger partial charge on any atom is -0.324 e. The molecule has 172 valence electrons. The van der Waals surface area contributed by atoms with Crippen LogP contribution in [0.1, 0.15) is 16.8 Å². The van der Waals surface area contributed by atoms with Crippen LogP contribution >= 0.6 is 11.8 Å². The van der Waals surface area contributed by atoms with E-state index in [4.69, 9.17) is 0 Å². The van der Waals surface area contributed by atoms with E-state index in [1.165, 1.54) is 18.2 Å². The van der Waals surface area contributed by atoms with Gasteiger partial charge >= 0.3 is 0 Å². The van der Waals surface area contributed by atoms with E-state index in [-0.39, 0.29) is 10.6 Å². The minimum atomic E-state index is -0.571. The van der Waals surface area contributed by atoms with Crippen LogP contribution in [0.2, 0.25) is 0 Å². The highest BCUT2D eigenvalue weighted by Crippen LogP contribution is 2.33. The summed E-state index contributed by atoms with van der Waals surface area (Å²) in [6.07, 6.45) is 3.24. The van der Waals surface area contributed by atoms with E-state index in [0.717, 1.165) is 27.8 Å². The van der Waals surface area contributed by atoms with E-state index < -0.39 is 28.5 Å². The average Bonchev–Trinajstić information content (AvgIpc) is 3.37. The van der Waals surface area contributed by atoms with Crippen molar-refractivity contribution in [1.29, 1.82) is 0 Å². The molecule has 10 heteroatoms. The number of anilines is 1. The summed E-state index contributed by atoms with van der Waals surface area (Å²) in [5.41, 5.74) is 3.59. The number of aromatic nitrogens is 1. The van der Waals surface area contributed by atoms with Crippen LogP contribution in [0.25, 0.3) is 11.8 Å². The predicted octanol–water partition coefficient (Wildman–Crippen LogP) is 4.68. The number of nitrogens with zero attached hydrogens (tertiary/aromatic N) is 3. The van der Waals surface area contributed by atoms with Gasteiger partial charge in [0.1, 0.15) is 6.54 Å². The van der Waals surface area contributed by atoms with Crippen LogP contribution < -0.4 is 5.32 Å². The first-order valence-electron chi connectivity index (χ1n) is 10.3. The number of amides is 3. The highest BCUT2D eigenvalue weighted by Gasteiger charge is 2.36. The zero-order chi connectivity index (χ0) is 24.4. The van der Waals surface area contributed by atoms with E-state index in [9.17, 15) is 24.5 Å². The number of imide groups is 1. The fourth-order valence-electron chi connectivity index (χ4n) is 3.49. The first kappa shape index (κ1) is 23.0. The van der Waals surface area contributed by atoms with Crippen LogP contribution in [0.3, 0.4) is 0 Å². The minimum absolute atomic E-state index is 0.0627. The summed E-state index contributed by atoms with van der Waals surface area (Å²) in [6, 6.07) is 15.0. The molecular weight excluding hydrogens is 456 g/mol. The lowest BCUT2D eigenvalue weighted by atomic mass is 10.1. The maximum atomic E-state index is 12.9. The molecule has 3 amide bonds. The van der Waals surface area contributed by atoms with Crippen LogP contribution in [0.4, 0.5) is 16.2 Å². The summed E-state index contributed by atoms with van der Waals surface area (Å²) in [6.45, 7) is 3.40. The fraction of sp³-hybridized carbons (Fsp3) is 0.125. The summed E-state index contributed by atoms with van der Waals surface area (Å²) in [5, 5.41) is 13.3. The van der Waals surface area contributed by atoms with Gasteiger partial charge in [0.25, 0.3) is 16.8 Å². The number of nitrogens with one attached hydrogen (secondary N) is 1. The molecule has 0 radical (unpaired) electrons. The van der Waals surface area contributed by atoms with Crippen LogP contribution in [0.15, 0.2) is 65.7 Å². The number of nitro groups is 1. The van der Waals surface area contributed by atoms with Crippen molar-refractivity contribution in [2.75, 3.05) is 11.9 Å². The molecule has 3 aromatic rings. The molecule has 0 bridgehead atoms. The number of nitro benzene ring substituents is 1. The van der Waals surface area contributed by atoms with Crippen LogP contribution in [-0.2, 0) is 9.59 Å². The molecule has 34 heavy (non-hydrogen) atoms. The van der Waals surface area contributed by atoms with Gasteiger partial charge in [-0.05, 0) is 67.1 Å². The van der Waals surface area contributed by atoms with Gasteiger partial charge in [-0.25, -0.2) is 0 Å². The van der Waals surface area contributed by atoms with Gasteiger partial charge in [0, 0.05) is 29.7 Å². The number of hydrogen-bond acceptors (Lipinski definition) is 6. The lowest BCUT2D eigenvalue weighted by Gasteiger charge is -2.14. The van der Waals surface area contributed by atoms with Gasteiger partial charge in [-0.2, -0.15) is 0 Å². The Kier molecular flexibility index (Phi) is 6.33. The Morgan fingerprint density at radius 1 is 1.12 bits per heavy atom. The molecule has 1 aliphatic heterocycles. The lowest BCUT2D eigenvalue weighted by Crippen LogP contribution is -2.36. The monoisotopic (exact) mass is 476 g/mol. The van der Waals surface area contributed by atoms with Gasteiger partial charge in [0.2, 0.25) is 5.91 Å². The Morgan fingerprint density at radius 3 is 2.65 bits per heavy atom. The molecule has 2 aromatic carbocycles. The number of thioether (sulfide) groups is 1. The molecule has 1 aromatic heterocycles. The quantitative estimate of drug-likeness (QED) is 0.314. The Labute approximate surface area is 199 Å². The smallest absolute Gasteiger partial charge is 0.294 e. The largest absolute Gasteiger partial charge is 0.324 e. The predicted molar refractivity (Wildman–Crippen MR) is 130 cm³/mol. The van der Waals surface area contributed by atoms with Crippen molar-refractivity contribution < 1.29 is 19.3 Å². The van der Waals surface area contributed by atoms with Crippen molar-refractivity contribution in [3.05, 3.63) is 92.6 Å². The zero-order valence-corrected chi connectivity index (χ0v) is 19.2. The highest BCUT2D eigenvalue weighted by atomic mass is 32.2. The Bertz CT molecular complexity index is 1360. The van der Waals surface area contributed by atoms with Crippen LogP contribution in [0, 0.1) is 24.0 Å². The molecule has 1 saturated heterocycles. The third-order valence-corrected chi connectivity index (χ3v) is 6.34. The van der Waals surface area contributed by atoms with Crippen LogP contribution in [0.5, 0.6) is 0 Å². The third-order valence-electron chi connectivity index (χ3n) is 5.43. The molecule has 1 fully saturated rings. The number of aryl methyl sites for hydroxylation is 1. The van der Waals surface area contributed by atoms with Gasteiger partial charge in [-0.1, -0.05) is 18.2 Å². The molecule has 4 rings (SSSR count). The van der Waals surface area contributed by atoms with E-state index >= 15 is 0 Å². The maximum Gasteiger partial charge on any atom is 0.294 e. The van der Waals surface area contributed by atoms with Crippen molar-refractivity contribution in [2.45, 2.75) is 13.8 Å². The number of hydrogen-bond donors (Lipinski definition) is 1. The average molecular weight is 477 g/mol. The van der Waals surface area contributed by atoms with Crippen molar-refractivity contribution in [3.63, 3.8) is 0 Å². The summed E-state index contributed by atoms with van der Waals surface area (Å²) in [5.74, 6) is -1.05. The van der Waals surface area contributed by atoms with E-state index in [2.05, 4.69) is 5.32 Å². The standard InChI is InChI=1S/C24H20N4O5S/c1-15-6-3-10-20(16(15)2)25-22(29)14-27-23(30)21(34-24(27)31)13-18-9-5-11-26(18)17-7-4-8-19(12-17)28(32)33/h3-13H,14H2,1-2H3,(H,25,29)/b21-13-. The number of carbonyl (C=O) groups is 3. The Hall–Kier alpha value is -4.18. The van der Waals surface area contributed by atoms with Gasteiger partial charge in [-0.15, -0.1) is 0 Å². The van der Waals surface area contributed by atoms with Gasteiger partial charge in [0.15, 0.2) is 0 Å². The summed E-state index contributed by atoms with van der Waals surface area (Å²) >= 11 is 0.743. The lowest BCUT2D eigenvalue weighted by molar-refractivity contribution is -0.384. The molecule has 1 aliphatic rings. The maximum absolute atomic E-state index is 12.9. The van der Waals surface area contributed by atoms with Crippen molar-refractivity contribution >= 4 is 46.3 Å². The number of rotatable bonds is 6.